The summed E-state index contributed by atoms with van der Waals surface area (Å²) in [6.45, 7) is 1.60. The third kappa shape index (κ3) is 4.61. The second-order valence-electron chi connectivity index (χ2n) is 6.63. The predicted molar refractivity (Wildman–Crippen MR) is 99.4 cm³/mol. The molecule has 1 saturated heterocycles. The zero-order valence-electron chi connectivity index (χ0n) is 15.1. The van der Waals surface area contributed by atoms with E-state index in [0.29, 0.717) is 13.1 Å². The Morgan fingerprint density at radius 1 is 1.23 bits per heavy atom. The van der Waals surface area contributed by atoms with Crippen LogP contribution >= 0.6 is 0 Å². The Labute approximate surface area is 154 Å². The van der Waals surface area contributed by atoms with E-state index in [4.69, 9.17) is 4.74 Å². The first-order chi connectivity index (χ1) is 12.7. The van der Waals surface area contributed by atoms with E-state index in [0.717, 1.165) is 42.7 Å². The van der Waals surface area contributed by atoms with Crippen molar-refractivity contribution >= 4 is 5.91 Å². The summed E-state index contributed by atoms with van der Waals surface area (Å²) >= 11 is 0. The number of rotatable bonds is 6. The van der Waals surface area contributed by atoms with E-state index in [2.05, 4.69) is 10.2 Å². The first-order valence-corrected chi connectivity index (χ1v) is 9.05. The van der Waals surface area contributed by atoms with Gasteiger partial charge in [0.05, 0.1) is 13.7 Å². The van der Waals surface area contributed by atoms with Crippen LogP contribution in [-0.2, 0) is 11.3 Å². The summed E-state index contributed by atoms with van der Waals surface area (Å²) in [5, 5.41) is 2.97. The summed E-state index contributed by atoms with van der Waals surface area (Å²) in [5.41, 5.74) is 1.89. The standard InChI is InChI=1S/C21H25FN2O2/c1-26-20-11-3-2-7-17(20)14-23-21(25)15-24-12-5-4-10-19(24)16-8-6-9-18(22)13-16/h2-3,6-9,11,13,19H,4-5,10,12,14-15H2,1H3,(H,23,25). The molecule has 2 aromatic rings. The molecule has 3 rings (SSSR count). The van der Waals surface area contributed by atoms with Gasteiger partial charge < -0.3 is 10.1 Å². The van der Waals surface area contributed by atoms with Gasteiger partial charge in [0.1, 0.15) is 11.6 Å². The smallest absolute Gasteiger partial charge is 0.234 e. The molecule has 0 bridgehead atoms. The Bertz CT molecular complexity index is 750. The lowest BCUT2D eigenvalue weighted by Gasteiger charge is -2.35. The second-order valence-corrected chi connectivity index (χ2v) is 6.63. The summed E-state index contributed by atoms with van der Waals surface area (Å²) < 4.78 is 18.9. The molecule has 1 N–H and O–H groups in total. The van der Waals surface area contributed by atoms with Crippen molar-refractivity contribution in [3.8, 4) is 5.75 Å². The van der Waals surface area contributed by atoms with Crippen LogP contribution in [0.1, 0.15) is 36.4 Å². The number of hydrogen-bond acceptors (Lipinski definition) is 3. The zero-order valence-corrected chi connectivity index (χ0v) is 15.1. The molecule has 0 saturated carbocycles. The maximum Gasteiger partial charge on any atom is 0.234 e. The predicted octanol–water partition coefficient (Wildman–Crippen LogP) is 3.68. The van der Waals surface area contributed by atoms with Crippen molar-refractivity contribution in [2.45, 2.75) is 31.8 Å². The van der Waals surface area contributed by atoms with Crippen molar-refractivity contribution in [1.29, 1.82) is 0 Å². The topological polar surface area (TPSA) is 41.6 Å². The highest BCUT2D eigenvalue weighted by atomic mass is 19.1. The van der Waals surface area contributed by atoms with Crippen LogP contribution in [0.3, 0.4) is 0 Å². The quantitative estimate of drug-likeness (QED) is 0.858. The number of amides is 1. The average molecular weight is 356 g/mol. The number of para-hydroxylation sites is 1. The van der Waals surface area contributed by atoms with Crippen molar-refractivity contribution in [2.75, 3.05) is 20.2 Å². The molecule has 138 valence electrons. The maximum absolute atomic E-state index is 13.6. The number of carbonyl (C=O) groups excluding carboxylic acids is 1. The van der Waals surface area contributed by atoms with E-state index in [1.165, 1.54) is 6.07 Å². The minimum absolute atomic E-state index is 0.0285. The first kappa shape index (κ1) is 18.4. The SMILES string of the molecule is COc1ccccc1CNC(=O)CN1CCCCC1c1cccc(F)c1. The molecule has 0 radical (unpaired) electrons. The number of methoxy groups -OCH3 is 1. The molecule has 2 aromatic carbocycles. The third-order valence-corrected chi connectivity index (χ3v) is 4.86. The fourth-order valence-electron chi connectivity index (χ4n) is 3.55. The number of halogens is 1. The summed E-state index contributed by atoms with van der Waals surface area (Å²) in [5.74, 6) is 0.510. The average Bonchev–Trinajstić information content (AvgIpc) is 2.67. The number of nitrogens with one attached hydrogen (secondary N) is 1. The van der Waals surface area contributed by atoms with Crippen LogP contribution in [0.5, 0.6) is 5.75 Å². The molecule has 1 aliphatic rings. The fourth-order valence-corrected chi connectivity index (χ4v) is 3.55. The fraction of sp³-hybridized carbons (Fsp3) is 0.381. The molecular formula is C21H25FN2O2. The molecular weight excluding hydrogens is 331 g/mol. The van der Waals surface area contributed by atoms with Crippen LogP contribution in [0.25, 0.3) is 0 Å². The molecule has 1 aliphatic heterocycles. The highest BCUT2D eigenvalue weighted by molar-refractivity contribution is 5.78. The van der Waals surface area contributed by atoms with E-state index < -0.39 is 0 Å². The van der Waals surface area contributed by atoms with E-state index in [-0.39, 0.29) is 17.8 Å². The van der Waals surface area contributed by atoms with Crippen LogP contribution < -0.4 is 10.1 Å². The number of piperidine rings is 1. The monoisotopic (exact) mass is 356 g/mol. The van der Waals surface area contributed by atoms with Gasteiger partial charge in [-0.2, -0.15) is 0 Å². The van der Waals surface area contributed by atoms with Crippen molar-refractivity contribution in [3.05, 3.63) is 65.5 Å². The lowest BCUT2D eigenvalue weighted by atomic mass is 9.95. The van der Waals surface area contributed by atoms with Crippen LogP contribution in [0.2, 0.25) is 0 Å². The van der Waals surface area contributed by atoms with Crippen LogP contribution in [0, 0.1) is 5.82 Å². The van der Waals surface area contributed by atoms with Gasteiger partial charge in [-0.25, -0.2) is 4.39 Å². The molecule has 0 aliphatic carbocycles. The van der Waals surface area contributed by atoms with Crippen LogP contribution in [0.15, 0.2) is 48.5 Å². The van der Waals surface area contributed by atoms with Gasteiger partial charge in [-0.05, 0) is 43.1 Å². The minimum Gasteiger partial charge on any atom is -0.496 e. The number of hydrogen-bond donors (Lipinski definition) is 1. The summed E-state index contributed by atoms with van der Waals surface area (Å²) in [6, 6.07) is 14.5. The van der Waals surface area contributed by atoms with Gasteiger partial charge in [-0.3, -0.25) is 9.69 Å². The summed E-state index contributed by atoms with van der Waals surface area (Å²) in [6.07, 6.45) is 3.11. The number of carbonyl (C=O) groups is 1. The Morgan fingerprint density at radius 3 is 2.88 bits per heavy atom. The molecule has 0 spiro atoms. The van der Waals surface area contributed by atoms with Gasteiger partial charge in [-0.1, -0.05) is 36.8 Å². The number of likely N-dealkylation sites (tertiary alicyclic amines) is 1. The molecule has 1 fully saturated rings. The largest absolute Gasteiger partial charge is 0.496 e. The van der Waals surface area contributed by atoms with E-state index in [1.54, 1.807) is 19.2 Å². The second kappa shape index (κ2) is 8.81. The van der Waals surface area contributed by atoms with Crippen LogP contribution in [0.4, 0.5) is 4.39 Å². The van der Waals surface area contributed by atoms with E-state index in [1.807, 2.05) is 30.3 Å². The Balaban J connectivity index is 1.61. The van der Waals surface area contributed by atoms with Crippen molar-refractivity contribution in [3.63, 3.8) is 0 Å². The molecule has 1 heterocycles. The van der Waals surface area contributed by atoms with Gasteiger partial charge in [-0.15, -0.1) is 0 Å². The normalized spacial score (nSPS) is 17.7. The number of ether oxygens (including phenoxy) is 1. The highest BCUT2D eigenvalue weighted by Gasteiger charge is 2.25. The molecule has 1 atom stereocenters. The van der Waals surface area contributed by atoms with Gasteiger partial charge in [0.25, 0.3) is 0 Å². The van der Waals surface area contributed by atoms with Crippen molar-refractivity contribution in [1.82, 2.24) is 10.2 Å². The van der Waals surface area contributed by atoms with Crippen molar-refractivity contribution in [2.24, 2.45) is 0 Å². The molecule has 1 unspecified atom stereocenters. The van der Waals surface area contributed by atoms with Gasteiger partial charge >= 0.3 is 0 Å². The Morgan fingerprint density at radius 2 is 2.08 bits per heavy atom. The molecule has 26 heavy (non-hydrogen) atoms. The number of benzene rings is 2. The van der Waals surface area contributed by atoms with Gasteiger partial charge in [0.2, 0.25) is 5.91 Å². The Kier molecular flexibility index (Phi) is 6.23. The molecule has 0 aromatic heterocycles. The lowest BCUT2D eigenvalue weighted by molar-refractivity contribution is -0.123. The van der Waals surface area contributed by atoms with E-state index in [9.17, 15) is 9.18 Å². The van der Waals surface area contributed by atoms with Gasteiger partial charge in [0, 0.05) is 18.2 Å². The lowest BCUT2D eigenvalue weighted by Crippen LogP contribution is -2.41. The maximum atomic E-state index is 13.6. The molecule has 4 nitrogen and oxygen atoms in total. The highest BCUT2D eigenvalue weighted by Crippen LogP contribution is 2.30. The summed E-state index contributed by atoms with van der Waals surface area (Å²) in [7, 11) is 1.62. The Hall–Kier alpha value is -2.40. The van der Waals surface area contributed by atoms with E-state index >= 15 is 0 Å². The molecule has 1 amide bonds. The summed E-state index contributed by atoms with van der Waals surface area (Å²) in [4.78, 5) is 14.6. The van der Waals surface area contributed by atoms with Crippen molar-refractivity contribution < 1.29 is 13.9 Å². The van der Waals surface area contributed by atoms with Crippen LogP contribution in [-0.4, -0.2) is 31.0 Å². The zero-order chi connectivity index (χ0) is 18.4. The first-order valence-electron chi connectivity index (χ1n) is 9.05. The third-order valence-electron chi connectivity index (χ3n) is 4.86. The number of nitrogens with zero attached hydrogens (tertiary/aromatic N) is 1. The van der Waals surface area contributed by atoms with Gasteiger partial charge in [0.15, 0.2) is 0 Å². The minimum atomic E-state index is -0.228. The molecule has 5 heteroatoms.